The molecule has 0 fully saturated rings. The molecule has 0 saturated carbocycles. The summed E-state index contributed by atoms with van der Waals surface area (Å²) >= 11 is 3.44. The summed E-state index contributed by atoms with van der Waals surface area (Å²) in [6, 6.07) is 4.90. The molecule has 0 aliphatic carbocycles. The third-order valence-corrected chi connectivity index (χ3v) is 3.64. The summed E-state index contributed by atoms with van der Waals surface area (Å²) in [5, 5.41) is 12.4. The van der Waals surface area contributed by atoms with E-state index in [2.05, 4.69) is 21.1 Å². The molecule has 0 spiro atoms. The zero-order valence-corrected chi connectivity index (χ0v) is 11.8. The van der Waals surface area contributed by atoms with Gasteiger partial charge in [-0.15, -0.1) is 0 Å². The summed E-state index contributed by atoms with van der Waals surface area (Å²) in [6.45, 7) is 1.16. The molecule has 0 radical (unpaired) electrons. The number of carbonyl (C=O) groups is 1. The second kappa shape index (κ2) is 5.16. The molecule has 1 aliphatic rings. The van der Waals surface area contributed by atoms with E-state index in [1.165, 1.54) is 6.07 Å². The third-order valence-electron chi connectivity index (χ3n) is 2.85. The molecule has 0 amide bonds. The van der Waals surface area contributed by atoms with Gasteiger partial charge in [0.2, 0.25) is 0 Å². The zero-order chi connectivity index (χ0) is 14.1. The molecule has 1 aliphatic heterocycles. The van der Waals surface area contributed by atoms with Crippen molar-refractivity contribution in [3.8, 4) is 22.8 Å². The number of carboxylic acid groups (broad SMARTS) is 1. The fourth-order valence-electron chi connectivity index (χ4n) is 1.90. The van der Waals surface area contributed by atoms with Crippen LogP contribution in [0.5, 0.6) is 11.5 Å². The van der Waals surface area contributed by atoms with Gasteiger partial charge in [-0.25, -0.2) is 4.79 Å². The maximum atomic E-state index is 10.8. The highest BCUT2D eigenvalue weighted by molar-refractivity contribution is 9.10. The highest BCUT2D eigenvalue weighted by Crippen LogP contribution is 2.43. The Balaban J connectivity index is 2.05. The number of benzene rings is 1. The van der Waals surface area contributed by atoms with Gasteiger partial charge in [0.15, 0.2) is 23.0 Å². The van der Waals surface area contributed by atoms with Gasteiger partial charge in [0.25, 0.3) is 0 Å². The number of nitrogens with zero attached hydrogens (tertiary/aromatic N) is 1. The van der Waals surface area contributed by atoms with Gasteiger partial charge >= 0.3 is 5.97 Å². The van der Waals surface area contributed by atoms with E-state index in [-0.39, 0.29) is 5.69 Å². The van der Waals surface area contributed by atoms with Gasteiger partial charge in [-0.1, -0.05) is 5.16 Å². The number of rotatable bonds is 2. The van der Waals surface area contributed by atoms with Gasteiger partial charge in [0.1, 0.15) is 0 Å². The Labute approximate surface area is 122 Å². The molecular weight excluding hydrogens is 330 g/mol. The van der Waals surface area contributed by atoms with E-state index in [0.717, 1.165) is 6.42 Å². The van der Waals surface area contributed by atoms with Gasteiger partial charge in [0.05, 0.1) is 17.7 Å². The van der Waals surface area contributed by atoms with Crippen LogP contribution in [0.2, 0.25) is 0 Å². The largest absolute Gasteiger partial charge is 0.490 e. The third kappa shape index (κ3) is 2.24. The maximum Gasteiger partial charge on any atom is 0.358 e. The lowest BCUT2D eigenvalue weighted by atomic mass is 10.1. The van der Waals surface area contributed by atoms with E-state index < -0.39 is 5.97 Å². The fourth-order valence-corrected chi connectivity index (χ4v) is 2.53. The number of aromatic carboxylic acids is 1. The molecule has 3 rings (SSSR count). The fraction of sp³-hybridized carbons (Fsp3) is 0.231. The second-order valence-corrected chi connectivity index (χ2v) is 4.98. The monoisotopic (exact) mass is 339 g/mol. The van der Waals surface area contributed by atoms with Crippen LogP contribution >= 0.6 is 15.9 Å². The molecule has 2 heterocycles. The van der Waals surface area contributed by atoms with Gasteiger partial charge < -0.3 is 19.1 Å². The Bertz CT molecular complexity index is 667. The molecule has 0 unspecified atom stereocenters. The minimum atomic E-state index is -1.13. The Morgan fingerprint density at radius 3 is 2.85 bits per heavy atom. The van der Waals surface area contributed by atoms with Crippen LogP contribution in [0.1, 0.15) is 16.9 Å². The molecule has 1 aromatic heterocycles. The van der Waals surface area contributed by atoms with Crippen molar-refractivity contribution >= 4 is 21.9 Å². The first-order valence-corrected chi connectivity index (χ1v) is 6.74. The predicted octanol–water partition coefficient (Wildman–Crippen LogP) is 2.96. The molecule has 0 atom stereocenters. The number of ether oxygens (including phenoxy) is 2. The van der Waals surface area contributed by atoms with Crippen molar-refractivity contribution in [2.75, 3.05) is 13.2 Å². The summed E-state index contributed by atoms with van der Waals surface area (Å²) in [4.78, 5) is 10.8. The molecule has 104 valence electrons. The van der Waals surface area contributed by atoms with E-state index in [0.29, 0.717) is 40.5 Å². The van der Waals surface area contributed by atoms with Crippen LogP contribution in [-0.4, -0.2) is 29.4 Å². The number of hydrogen-bond donors (Lipinski definition) is 1. The van der Waals surface area contributed by atoms with Crippen LogP contribution in [0.15, 0.2) is 27.2 Å². The molecule has 2 aromatic rings. The first-order valence-electron chi connectivity index (χ1n) is 5.95. The summed E-state index contributed by atoms with van der Waals surface area (Å²) in [5.74, 6) is 0.458. The molecule has 1 aromatic carbocycles. The number of carboxylic acids is 1. The van der Waals surface area contributed by atoms with Crippen molar-refractivity contribution in [2.24, 2.45) is 0 Å². The number of fused-ring (bicyclic) bond motifs is 1. The Morgan fingerprint density at radius 2 is 2.10 bits per heavy atom. The zero-order valence-electron chi connectivity index (χ0n) is 10.3. The molecule has 0 saturated heterocycles. The quantitative estimate of drug-likeness (QED) is 0.905. The van der Waals surface area contributed by atoms with Crippen LogP contribution in [0.25, 0.3) is 11.3 Å². The Hall–Kier alpha value is -2.02. The average Bonchev–Trinajstić information content (AvgIpc) is 2.78. The number of hydrogen-bond acceptors (Lipinski definition) is 5. The predicted molar refractivity (Wildman–Crippen MR) is 72.2 cm³/mol. The summed E-state index contributed by atoms with van der Waals surface area (Å²) < 4.78 is 16.9. The molecule has 6 nitrogen and oxygen atoms in total. The Kier molecular flexibility index (Phi) is 3.35. The minimum absolute atomic E-state index is 0.140. The molecule has 7 heteroatoms. The van der Waals surface area contributed by atoms with Gasteiger partial charge in [-0.05, 0) is 28.1 Å². The van der Waals surface area contributed by atoms with Crippen molar-refractivity contribution in [3.63, 3.8) is 0 Å². The lowest BCUT2D eigenvalue weighted by Gasteiger charge is -2.11. The molecule has 1 N–H and O–H groups in total. The minimum Gasteiger partial charge on any atom is -0.490 e. The van der Waals surface area contributed by atoms with Crippen molar-refractivity contribution in [1.82, 2.24) is 5.16 Å². The van der Waals surface area contributed by atoms with Crippen LogP contribution < -0.4 is 9.47 Å². The molecular formula is C13H10BrNO5. The van der Waals surface area contributed by atoms with Crippen LogP contribution in [-0.2, 0) is 0 Å². The van der Waals surface area contributed by atoms with E-state index in [1.54, 1.807) is 12.1 Å². The van der Waals surface area contributed by atoms with Crippen molar-refractivity contribution in [1.29, 1.82) is 0 Å². The van der Waals surface area contributed by atoms with Crippen LogP contribution in [0.4, 0.5) is 0 Å². The number of aromatic nitrogens is 1. The van der Waals surface area contributed by atoms with E-state index in [1.807, 2.05) is 0 Å². The molecule has 0 bridgehead atoms. The summed E-state index contributed by atoms with van der Waals surface area (Å²) in [5.41, 5.74) is 0.522. The highest BCUT2D eigenvalue weighted by atomic mass is 79.9. The van der Waals surface area contributed by atoms with Gasteiger partial charge in [-0.2, -0.15) is 0 Å². The van der Waals surface area contributed by atoms with Crippen LogP contribution in [0.3, 0.4) is 0 Å². The summed E-state index contributed by atoms with van der Waals surface area (Å²) in [7, 11) is 0. The van der Waals surface area contributed by atoms with E-state index in [9.17, 15) is 4.79 Å². The van der Waals surface area contributed by atoms with E-state index >= 15 is 0 Å². The normalized spacial score (nSPS) is 13.8. The maximum absolute atomic E-state index is 10.8. The lowest BCUT2D eigenvalue weighted by Crippen LogP contribution is -1.97. The number of halogens is 1. The topological polar surface area (TPSA) is 81.8 Å². The highest BCUT2D eigenvalue weighted by Gasteiger charge is 2.20. The summed E-state index contributed by atoms with van der Waals surface area (Å²) in [6.07, 6.45) is 0.807. The van der Waals surface area contributed by atoms with Crippen molar-refractivity contribution in [2.45, 2.75) is 6.42 Å². The Morgan fingerprint density at radius 1 is 1.30 bits per heavy atom. The smallest absolute Gasteiger partial charge is 0.358 e. The standard InChI is InChI=1S/C13H10BrNO5/c14-11-7(10-6-8(13(16)17)15-20-10)2-3-9-12(11)19-5-1-4-18-9/h2-3,6H,1,4-5H2,(H,16,17). The molecule has 20 heavy (non-hydrogen) atoms. The van der Waals surface area contributed by atoms with Crippen molar-refractivity contribution in [3.05, 3.63) is 28.4 Å². The van der Waals surface area contributed by atoms with Gasteiger partial charge in [0, 0.05) is 18.1 Å². The lowest BCUT2D eigenvalue weighted by molar-refractivity contribution is 0.0686. The SMILES string of the molecule is O=C(O)c1cc(-c2ccc3c(c2Br)OCCCO3)on1. The van der Waals surface area contributed by atoms with E-state index in [4.69, 9.17) is 19.1 Å². The first-order chi connectivity index (χ1) is 9.66. The van der Waals surface area contributed by atoms with Crippen LogP contribution in [0, 0.1) is 0 Å². The second-order valence-electron chi connectivity index (χ2n) is 4.19. The van der Waals surface area contributed by atoms with Gasteiger partial charge in [-0.3, -0.25) is 0 Å². The first kappa shape index (κ1) is 13.0. The average molecular weight is 340 g/mol. The van der Waals surface area contributed by atoms with Crippen molar-refractivity contribution < 1.29 is 23.9 Å².